The van der Waals surface area contributed by atoms with Crippen LogP contribution in [0.3, 0.4) is 0 Å². The van der Waals surface area contributed by atoms with Gasteiger partial charge >= 0.3 is 0 Å². The van der Waals surface area contributed by atoms with Gasteiger partial charge in [0.15, 0.2) is 0 Å². The molecule has 1 aromatic carbocycles. The summed E-state index contributed by atoms with van der Waals surface area (Å²) < 4.78 is 5.41. The summed E-state index contributed by atoms with van der Waals surface area (Å²) in [6.45, 7) is 2.37. The summed E-state index contributed by atoms with van der Waals surface area (Å²) in [7, 11) is 1.74. The lowest BCUT2D eigenvalue weighted by molar-refractivity contribution is 0.201. The highest BCUT2D eigenvalue weighted by Gasteiger charge is 2.43. The Morgan fingerprint density at radius 3 is 2.89 bits per heavy atom. The third kappa shape index (κ3) is 2.06. The molecular formula is C17H25NO. The van der Waals surface area contributed by atoms with Crippen molar-refractivity contribution >= 4 is 0 Å². The van der Waals surface area contributed by atoms with Crippen molar-refractivity contribution in [1.29, 1.82) is 0 Å². The minimum Gasteiger partial charge on any atom is -0.497 e. The van der Waals surface area contributed by atoms with Crippen LogP contribution in [0, 0.1) is 5.92 Å². The SMILES string of the molecule is COc1ccc2c(c1)[C@@]1(C)CCCCCC(C2)[C@@H]1N. The van der Waals surface area contributed by atoms with Crippen LogP contribution in [0.15, 0.2) is 18.2 Å². The zero-order valence-corrected chi connectivity index (χ0v) is 12.1. The summed E-state index contributed by atoms with van der Waals surface area (Å²) >= 11 is 0. The van der Waals surface area contributed by atoms with E-state index in [2.05, 4.69) is 25.1 Å². The molecule has 2 bridgehead atoms. The highest BCUT2D eigenvalue weighted by molar-refractivity contribution is 5.44. The van der Waals surface area contributed by atoms with Crippen molar-refractivity contribution in [2.45, 2.75) is 56.9 Å². The fourth-order valence-corrected chi connectivity index (χ4v) is 4.16. The van der Waals surface area contributed by atoms with Crippen LogP contribution in [-0.2, 0) is 11.8 Å². The molecule has 0 saturated heterocycles. The monoisotopic (exact) mass is 259 g/mol. The van der Waals surface area contributed by atoms with Gasteiger partial charge in [0.05, 0.1) is 7.11 Å². The van der Waals surface area contributed by atoms with Gasteiger partial charge in [0, 0.05) is 11.5 Å². The first-order valence-corrected chi connectivity index (χ1v) is 7.58. The topological polar surface area (TPSA) is 35.2 Å². The lowest BCUT2D eigenvalue weighted by Gasteiger charge is -2.47. The Labute approximate surface area is 116 Å². The Morgan fingerprint density at radius 1 is 1.26 bits per heavy atom. The fraction of sp³-hybridized carbons (Fsp3) is 0.647. The summed E-state index contributed by atoms with van der Waals surface area (Å²) in [6.07, 6.45) is 7.66. The van der Waals surface area contributed by atoms with E-state index in [1.165, 1.54) is 43.2 Å². The van der Waals surface area contributed by atoms with Crippen molar-refractivity contribution in [2.24, 2.45) is 11.7 Å². The second-order valence-corrected chi connectivity index (χ2v) is 6.53. The molecule has 0 aliphatic heterocycles. The third-order valence-electron chi connectivity index (χ3n) is 5.43. The molecule has 0 amide bonds. The van der Waals surface area contributed by atoms with Gasteiger partial charge in [-0.25, -0.2) is 0 Å². The van der Waals surface area contributed by atoms with Crippen LogP contribution in [0.5, 0.6) is 5.75 Å². The van der Waals surface area contributed by atoms with Crippen molar-refractivity contribution < 1.29 is 4.74 Å². The van der Waals surface area contributed by atoms with E-state index in [4.69, 9.17) is 10.5 Å². The van der Waals surface area contributed by atoms with Gasteiger partial charge in [-0.2, -0.15) is 0 Å². The molecular weight excluding hydrogens is 234 g/mol. The van der Waals surface area contributed by atoms with Crippen LogP contribution in [0.4, 0.5) is 0 Å². The Balaban J connectivity index is 2.09. The van der Waals surface area contributed by atoms with E-state index in [-0.39, 0.29) is 5.41 Å². The van der Waals surface area contributed by atoms with Crippen LogP contribution < -0.4 is 10.5 Å². The molecule has 0 heterocycles. The molecule has 1 fully saturated rings. The van der Waals surface area contributed by atoms with Gasteiger partial charge < -0.3 is 10.5 Å². The van der Waals surface area contributed by atoms with Crippen molar-refractivity contribution in [3.05, 3.63) is 29.3 Å². The van der Waals surface area contributed by atoms with E-state index in [0.717, 1.165) is 12.2 Å². The van der Waals surface area contributed by atoms with Crippen LogP contribution >= 0.6 is 0 Å². The average Bonchev–Trinajstić information content (AvgIpc) is 2.43. The van der Waals surface area contributed by atoms with E-state index in [1.807, 2.05) is 0 Å². The summed E-state index contributed by atoms with van der Waals surface area (Å²) in [5.74, 6) is 1.62. The van der Waals surface area contributed by atoms with E-state index in [0.29, 0.717) is 12.0 Å². The van der Waals surface area contributed by atoms with Crippen LogP contribution in [-0.4, -0.2) is 13.2 Å². The minimum atomic E-state index is 0.132. The second kappa shape index (κ2) is 4.82. The molecule has 1 saturated carbocycles. The van der Waals surface area contributed by atoms with Gasteiger partial charge in [-0.1, -0.05) is 32.3 Å². The number of hydrogen-bond acceptors (Lipinski definition) is 2. The molecule has 2 nitrogen and oxygen atoms in total. The molecule has 0 spiro atoms. The van der Waals surface area contributed by atoms with E-state index in [9.17, 15) is 0 Å². The molecule has 1 aromatic rings. The van der Waals surface area contributed by atoms with E-state index < -0.39 is 0 Å². The molecule has 2 heteroatoms. The molecule has 1 unspecified atom stereocenters. The zero-order valence-electron chi connectivity index (χ0n) is 12.1. The van der Waals surface area contributed by atoms with Gasteiger partial charge in [-0.15, -0.1) is 0 Å². The predicted molar refractivity (Wildman–Crippen MR) is 78.6 cm³/mol. The first-order valence-electron chi connectivity index (χ1n) is 7.58. The maximum atomic E-state index is 6.65. The number of methoxy groups -OCH3 is 1. The molecule has 2 aliphatic rings. The third-order valence-corrected chi connectivity index (χ3v) is 5.43. The summed E-state index contributed by atoms with van der Waals surface area (Å²) in [4.78, 5) is 0. The molecule has 3 rings (SSSR count). The Kier molecular flexibility index (Phi) is 3.30. The number of nitrogens with two attached hydrogens (primary N) is 1. The Bertz CT molecular complexity index is 470. The van der Waals surface area contributed by atoms with E-state index in [1.54, 1.807) is 7.11 Å². The maximum absolute atomic E-state index is 6.65. The fourth-order valence-electron chi connectivity index (χ4n) is 4.16. The molecule has 104 valence electrons. The maximum Gasteiger partial charge on any atom is 0.119 e. The first-order chi connectivity index (χ1) is 9.15. The summed E-state index contributed by atoms with van der Waals surface area (Å²) in [5.41, 5.74) is 9.72. The molecule has 0 aromatic heterocycles. The summed E-state index contributed by atoms with van der Waals surface area (Å²) in [6, 6.07) is 6.88. The molecule has 19 heavy (non-hydrogen) atoms. The van der Waals surface area contributed by atoms with Gasteiger partial charge in [0.1, 0.15) is 5.75 Å². The minimum absolute atomic E-state index is 0.132. The molecule has 2 N–H and O–H groups in total. The average molecular weight is 259 g/mol. The normalized spacial score (nSPS) is 34.1. The quantitative estimate of drug-likeness (QED) is 0.838. The zero-order chi connectivity index (χ0) is 13.5. The van der Waals surface area contributed by atoms with Crippen LogP contribution in [0.1, 0.15) is 50.2 Å². The van der Waals surface area contributed by atoms with Gasteiger partial charge in [0.2, 0.25) is 0 Å². The first kappa shape index (κ1) is 13.0. The highest BCUT2D eigenvalue weighted by atomic mass is 16.5. The van der Waals surface area contributed by atoms with Crippen molar-refractivity contribution in [3.8, 4) is 5.75 Å². The largest absolute Gasteiger partial charge is 0.497 e. The molecule has 3 atom stereocenters. The summed E-state index contributed by atoms with van der Waals surface area (Å²) in [5, 5.41) is 0. The van der Waals surface area contributed by atoms with Gasteiger partial charge in [0.25, 0.3) is 0 Å². The van der Waals surface area contributed by atoms with E-state index >= 15 is 0 Å². The predicted octanol–water partition coefficient (Wildman–Crippen LogP) is 3.42. The number of fused-ring (bicyclic) bond motifs is 4. The van der Waals surface area contributed by atoms with Crippen LogP contribution in [0.25, 0.3) is 0 Å². The van der Waals surface area contributed by atoms with Crippen molar-refractivity contribution in [1.82, 2.24) is 0 Å². The Hall–Kier alpha value is -1.02. The number of hydrogen-bond donors (Lipinski definition) is 1. The molecule has 2 aliphatic carbocycles. The lowest BCUT2D eigenvalue weighted by Crippen LogP contribution is -2.52. The molecule has 0 radical (unpaired) electrons. The van der Waals surface area contributed by atoms with Gasteiger partial charge in [-0.05, 0) is 48.4 Å². The number of rotatable bonds is 1. The van der Waals surface area contributed by atoms with Gasteiger partial charge in [-0.3, -0.25) is 0 Å². The van der Waals surface area contributed by atoms with Crippen LogP contribution in [0.2, 0.25) is 0 Å². The number of benzene rings is 1. The highest BCUT2D eigenvalue weighted by Crippen LogP contribution is 2.46. The lowest BCUT2D eigenvalue weighted by atomic mass is 9.60. The number of ether oxygens (including phenoxy) is 1. The van der Waals surface area contributed by atoms with Crippen molar-refractivity contribution in [2.75, 3.05) is 7.11 Å². The Morgan fingerprint density at radius 2 is 2.11 bits per heavy atom. The standard InChI is InChI=1S/C17H25NO/c1-17-9-5-3-4-6-13(16(17)18)10-12-7-8-14(19-2)11-15(12)17/h7-8,11,13,16H,3-6,9-10,18H2,1-2H3/t13?,16-,17+/m0/s1. The van der Waals surface area contributed by atoms with Crippen molar-refractivity contribution in [3.63, 3.8) is 0 Å². The smallest absolute Gasteiger partial charge is 0.119 e. The second-order valence-electron chi connectivity index (χ2n) is 6.53.